The Hall–Kier alpha value is -2.39. The first kappa shape index (κ1) is 13.1. The van der Waals surface area contributed by atoms with E-state index in [0.717, 1.165) is 0 Å². The molecule has 0 amide bonds. The minimum Gasteiger partial charge on any atom is -0.368 e. The van der Waals surface area contributed by atoms with Crippen molar-refractivity contribution in [3.8, 4) is 5.95 Å². The van der Waals surface area contributed by atoms with Gasteiger partial charge in [0, 0.05) is 18.9 Å². The van der Waals surface area contributed by atoms with E-state index in [9.17, 15) is 13.2 Å². The summed E-state index contributed by atoms with van der Waals surface area (Å²) >= 11 is 0. The fourth-order valence-electron chi connectivity index (χ4n) is 1.27. The third kappa shape index (κ3) is 3.79. The molecule has 0 aromatic carbocycles. The predicted octanol–water partition coefficient (Wildman–Crippen LogP) is 1.00. The minimum atomic E-state index is -4.24. The molecule has 0 saturated carbocycles. The van der Waals surface area contributed by atoms with Gasteiger partial charge in [0.15, 0.2) is 0 Å². The van der Waals surface area contributed by atoms with Crippen LogP contribution in [0, 0.1) is 0 Å². The number of hydrogen-bond donors (Lipinski definition) is 2. The molecule has 0 bridgehead atoms. The van der Waals surface area contributed by atoms with Crippen molar-refractivity contribution in [1.82, 2.24) is 24.5 Å². The fourth-order valence-corrected chi connectivity index (χ4v) is 1.27. The fraction of sp³-hybridized carbons (Fsp3) is 0.333. The number of halogens is 3. The first-order valence-corrected chi connectivity index (χ1v) is 5.24. The summed E-state index contributed by atoms with van der Waals surface area (Å²) < 4.78 is 37.5. The van der Waals surface area contributed by atoms with Crippen LogP contribution in [0.25, 0.3) is 5.95 Å². The van der Waals surface area contributed by atoms with Gasteiger partial charge >= 0.3 is 6.18 Å². The van der Waals surface area contributed by atoms with Gasteiger partial charge in [-0.05, 0) is 0 Å². The molecule has 0 unspecified atom stereocenters. The van der Waals surface area contributed by atoms with E-state index < -0.39 is 12.6 Å². The summed E-state index contributed by atoms with van der Waals surface area (Å²) in [4.78, 5) is 15.3. The zero-order chi connectivity index (χ0) is 13.9. The van der Waals surface area contributed by atoms with Crippen LogP contribution in [0.3, 0.4) is 0 Å². The Bertz CT molecular complexity index is 537. The Morgan fingerprint density at radius 3 is 2.68 bits per heavy atom. The third-order valence-electron chi connectivity index (χ3n) is 2.07. The molecule has 102 valence electrons. The normalized spacial score (nSPS) is 11.5. The molecule has 2 aromatic heterocycles. The summed E-state index contributed by atoms with van der Waals surface area (Å²) in [6, 6.07) is 0. The van der Waals surface area contributed by atoms with Crippen LogP contribution in [0.15, 0.2) is 18.7 Å². The second kappa shape index (κ2) is 5.08. The van der Waals surface area contributed by atoms with E-state index >= 15 is 0 Å². The molecule has 0 saturated heterocycles. The monoisotopic (exact) mass is 273 g/mol. The highest BCUT2D eigenvalue weighted by Crippen LogP contribution is 2.19. The average Bonchev–Trinajstić information content (AvgIpc) is 2.79. The number of hydrogen-bond acceptors (Lipinski definition) is 6. The van der Waals surface area contributed by atoms with Crippen LogP contribution >= 0.6 is 0 Å². The van der Waals surface area contributed by atoms with Crippen LogP contribution in [-0.2, 0) is 0 Å². The predicted molar refractivity (Wildman–Crippen MR) is 60.5 cm³/mol. The average molecular weight is 273 g/mol. The van der Waals surface area contributed by atoms with Crippen LogP contribution in [0.4, 0.5) is 25.1 Å². The highest BCUT2D eigenvalue weighted by Gasteiger charge is 2.26. The number of imidazole rings is 1. The number of nitrogens with one attached hydrogen (secondary N) is 1. The van der Waals surface area contributed by atoms with E-state index in [1.807, 2.05) is 0 Å². The Kier molecular flexibility index (Phi) is 3.49. The molecule has 2 aromatic rings. The molecule has 7 nitrogen and oxygen atoms in total. The number of aromatic nitrogens is 5. The molecular weight excluding hydrogens is 263 g/mol. The van der Waals surface area contributed by atoms with E-state index in [-0.39, 0.29) is 24.4 Å². The highest BCUT2D eigenvalue weighted by molar-refractivity contribution is 5.34. The lowest BCUT2D eigenvalue weighted by Gasteiger charge is -2.09. The van der Waals surface area contributed by atoms with Crippen molar-refractivity contribution in [1.29, 1.82) is 0 Å². The van der Waals surface area contributed by atoms with Crippen molar-refractivity contribution in [3.05, 3.63) is 18.7 Å². The van der Waals surface area contributed by atoms with Gasteiger partial charge in [-0.25, -0.2) is 4.98 Å². The maximum absolute atomic E-state index is 12.0. The number of nitrogens with two attached hydrogens (primary N) is 1. The highest BCUT2D eigenvalue weighted by atomic mass is 19.4. The lowest BCUT2D eigenvalue weighted by atomic mass is 10.4. The second-order valence-electron chi connectivity index (χ2n) is 3.58. The maximum Gasteiger partial charge on any atom is 0.390 e. The molecule has 0 aliphatic carbocycles. The molecular formula is C9H10F3N7. The largest absolute Gasteiger partial charge is 0.390 e. The molecule has 0 spiro atoms. The second-order valence-corrected chi connectivity index (χ2v) is 3.58. The molecule has 0 fully saturated rings. The number of nitrogen functional groups attached to an aromatic ring is 1. The Morgan fingerprint density at radius 1 is 1.26 bits per heavy atom. The number of nitrogens with zero attached hydrogens (tertiary/aromatic N) is 5. The number of anilines is 2. The molecule has 0 aliphatic heterocycles. The molecule has 0 radical (unpaired) electrons. The Morgan fingerprint density at radius 2 is 2.05 bits per heavy atom. The van der Waals surface area contributed by atoms with Crippen LogP contribution < -0.4 is 11.1 Å². The van der Waals surface area contributed by atoms with E-state index in [4.69, 9.17) is 5.73 Å². The van der Waals surface area contributed by atoms with Crippen molar-refractivity contribution >= 4 is 11.9 Å². The first-order chi connectivity index (χ1) is 8.94. The summed E-state index contributed by atoms with van der Waals surface area (Å²) in [5.74, 6) is 0.0770. The standard InChI is InChI=1S/C9H10F3N7/c10-9(11,12)1-2-15-7-16-6(13)17-8(18-7)19-4-3-14-5-19/h3-5H,1-2H2,(H3,13,15,16,17,18). The minimum absolute atomic E-state index is 0.0135. The number of alkyl halides is 3. The molecule has 0 atom stereocenters. The number of rotatable bonds is 4. The van der Waals surface area contributed by atoms with Gasteiger partial charge in [-0.2, -0.15) is 28.1 Å². The smallest absolute Gasteiger partial charge is 0.368 e. The van der Waals surface area contributed by atoms with E-state index in [0.29, 0.717) is 0 Å². The summed E-state index contributed by atoms with van der Waals surface area (Å²) in [6.45, 7) is -0.337. The Balaban J connectivity index is 2.09. The van der Waals surface area contributed by atoms with Gasteiger partial charge in [-0.1, -0.05) is 0 Å². The van der Waals surface area contributed by atoms with Crippen molar-refractivity contribution in [3.63, 3.8) is 0 Å². The molecule has 2 heterocycles. The molecule has 0 aliphatic rings. The molecule has 2 rings (SSSR count). The molecule has 19 heavy (non-hydrogen) atoms. The van der Waals surface area contributed by atoms with Crippen molar-refractivity contribution in [2.75, 3.05) is 17.6 Å². The summed E-state index contributed by atoms with van der Waals surface area (Å²) in [7, 11) is 0. The lowest BCUT2D eigenvalue weighted by Crippen LogP contribution is -2.17. The molecule has 10 heteroatoms. The lowest BCUT2D eigenvalue weighted by molar-refractivity contribution is -0.131. The Labute approximate surface area is 105 Å². The van der Waals surface area contributed by atoms with Crippen LogP contribution in [0.1, 0.15) is 6.42 Å². The van der Waals surface area contributed by atoms with Gasteiger partial charge in [0.25, 0.3) is 0 Å². The summed E-state index contributed by atoms with van der Waals surface area (Å²) in [5.41, 5.74) is 5.46. The summed E-state index contributed by atoms with van der Waals surface area (Å²) in [5, 5.41) is 2.45. The van der Waals surface area contributed by atoms with Crippen LogP contribution in [-0.4, -0.2) is 37.2 Å². The van der Waals surface area contributed by atoms with Gasteiger partial charge in [0.2, 0.25) is 17.8 Å². The molecule has 3 N–H and O–H groups in total. The van der Waals surface area contributed by atoms with E-state index in [2.05, 4.69) is 25.3 Å². The van der Waals surface area contributed by atoms with E-state index in [1.165, 1.54) is 17.1 Å². The third-order valence-corrected chi connectivity index (χ3v) is 2.07. The van der Waals surface area contributed by atoms with Crippen LogP contribution in [0.2, 0.25) is 0 Å². The van der Waals surface area contributed by atoms with Gasteiger partial charge < -0.3 is 11.1 Å². The van der Waals surface area contributed by atoms with Crippen molar-refractivity contribution in [2.24, 2.45) is 0 Å². The van der Waals surface area contributed by atoms with Gasteiger partial charge in [-0.15, -0.1) is 0 Å². The zero-order valence-corrected chi connectivity index (χ0v) is 9.59. The van der Waals surface area contributed by atoms with Gasteiger partial charge in [0.05, 0.1) is 6.42 Å². The van der Waals surface area contributed by atoms with Gasteiger partial charge in [0.1, 0.15) is 6.33 Å². The van der Waals surface area contributed by atoms with Crippen molar-refractivity contribution < 1.29 is 13.2 Å². The zero-order valence-electron chi connectivity index (χ0n) is 9.59. The van der Waals surface area contributed by atoms with E-state index in [1.54, 1.807) is 6.20 Å². The van der Waals surface area contributed by atoms with Crippen LogP contribution in [0.5, 0.6) is 0 Å². The first-order valence-electron chi connectivity index (χ1n) is 5.24. The SMILES string of the molecule is Nc1nc(NCCC(F)(F)F)nc(-n2ccnc2)n1. The quantitative estimate of drug-likeness (QED) is 0.863. The topological polar surface area (TPSA) is 94.5 Å². The van der Waals surface area contributed by atoms with Gasteiger partial charge in [-0.3, -0.25) is 4.57 Å². The van der Waals surface area contributed by atoms with Crippen molar-refractivity contribution in [2.45, 2.75) is 12.6 Å². The maximum atomic E-state index is 12.0. The summed E-state index contributed by atoms with van der Waals surface area (Å²) in [6.07, 6.45) is -0.697.